The van der Waals surface area contributed by atoms with E-state index >= 15 is 0 Å². The van der Waals surface area contributed by atoms with Gasteiger partial charge in [0.2, 0.25) is 0 Å². The molecule has 4 nitrogen and oxygen atoms in total. The maximum atomic E-state index is 5.52. The molecule has 1 fully saturated rings. The van der Waals surface area contributed by atoms with E-state index in [1.165, 1.54) is 4.88 Å². The van der Waals surface area contributed by atoms with Gasteiger partial charge >= 0.3 is 0 Å². The molecule has 2 heterocycles. The second kappa shape index (κ2) is 6.44. The lowest BCUT2D eigenvalue weighted by Gasteiger charge is -2.18. The maximum Gasteiger partial charge on any atom is 0.0798 e. The van der Waals surface area contributed by atoms with Crippen LogP contribution in [0.1, 0.15) is 17.5 Å². The summed E-state index contributed by atoms with van der Waals surface area (Å²) in [6.07, 6.45) is 0. The Bertz CT molecular complexity index is 342. The van der Waals surface area contributed by atoms with Gasteiger partial charge in [-0.15, -0.1) is 11.3 Å². The van der Waals surface area contributed by atoms with Crippen LogP contribution in [0.15, 0.2) is 5.51 Å². The minimum atomic E-state index is 0.509. The quantitative estimate of drug-likeness (QED) is 0.801. The van der Waals surface area contributed by atoms with Crippen molar-refractivity contribution in [1.82, 2.24) is 15.6 Å². The summed E-state index contributed by atoms with van der Waals surface area (Å²) in [7, 11) is 0. The summed E-state index contributed by atoms with van der Waals surface area (Å²) in [5, 5.41) is 6.98. The third-order valence-electron chi connectivity index (χ3n) is 3.20. The zero-order chi connectivity index (χ0) is 12.1. The number of hydrogen-bond donors (Lipinski definition) is 2. The molecular formula is C12H21N3OS. The maximum absolute atomic E-state index is 5.52. The van der Waals surface area contributed by atoms with Crippen molar-refractivity contribution in [3.05, 3.63) is 16.1 Å². The Hall–Kier alpha value is -0.490. The summed E-state index contributed by atoms with van der Waals surface area (Å²) >= 11 is 1.72. The van der Waals surface area contributed by atoms with Crippen LogP contribution in [0.3, 0.4) is 0 Å². The molecule has 1 aromatic heterocycles. The monoisotopic (exact) mass is 255 g/mol. The van der Waals surface area contributed by atoms with Gasteiger partial charge < -0.3 is 15.4 Å². The zero-order valence-corrected chi connectivity index (χ0v) is 11.3. The van der Waals surface area contributed by atoms with Crippen molar-refractivity contribution in [2.75, 3.05) is 26.3 Å². The van der Waals surface area contributed by atoms with Crippen LogP contribution in [0, 0.1) is 12.8 Å². The highest BCUT2D eigenvalue weighted by Gasteiger charge is 2.26. The summed E-state index contributed by atoms with van der Waals surface area (Å²) < 4.78 is 5.52. The van der Waals surface area contributed by atoms with E-state index in [9.17, 15) is 0 Å². The lowest BCUT2D eigenvalue weighted by Crippen LogP contribution is -2.40. The summed E-state index contributed by atoms with van der Waals surface area (Å²) in [5.74, 6) is 0.586. The van der Waals surface area contributed by atoms with Crippen LogP contribution in [-0.2, 0) is 11.3 Å². The number of aryl methyl sites for hydroxylation is 1. The van der Waals surface area contributed by atoms with Gasteiger partial charge in [-0.2, -0.15) is 0 Å². The topological polar surface area (TPSA) is 46.2 Å². The van der Waals surface area contributed by atoms with E-state index in [4.69, 9.17) is 4.74 Å². The average Bonchev–Trinajstić information content (AvgIpc) is 2.90. The molecule has 1 aliphatic heterocycles. The van der Waals surface area contributed by atoms with E-state index < -0.39 is 0 Å². The van der Waals surface area contributed by atoms with E-state index in [1.807, 2.05) is 5.51 Å². The third kappa shape index (κ3) is 3.48. The molecular weight excluding hydrogens is 234 g/mol. The molecule has 2 unspecified atom stereocenters. The van der Waals surface area contributed by atoms with Gasteiger partial charge in [0.05, 0.1) is 24.4 Å². The minimum Gasteiger partial charge on any atom is -0.379 e. The van der Waals surface area contributed by atoms with E-state index in [-0.39, 0.29) is 0 Å². The molecule has 17 heavy (non-hydrogen) atoms. The van der Waals surface area contributed by atoms with E-state index in [2.05, 4.69) is 29.5 Å². The number of hydrogen-bond acceptors (Lipinski definition) is 5. The largest absolute Gasteiger partial charge is 0.379 e. The predicted octanol–water partition coefficient (Wildman–Crippen LogP) is 1.17. The summed E-state index contributed by atoms with van der Waals surface area (Å²) in [6.45, 7) is 8.86. The first-order valence-corrected chi connectivity index (χ1v) is 7.10. The molecule has 0 radical (unpaired) electrons. The Morgan fingerprint density at radius 2 is 2.41 bits per heavy atom. The molecule has 0 aromatic carbocycles. The van der Waals surface area contributed by atoms with Gasteiger partial charge in [0, 0.05) is 29.9 Å². The summed E-state index contributed by atoms with van der Waals surface area (Å²) in [6, 6.07) is 0.509. The molecule has 1 aromatic rings. The van der Waals surface area contributed by atoms with Crippen molar-refractivity contribution >= 4 is 11.3 Å². The van der Waals surface area contributed by atoms with Gasteiger partial charge in [-0.1, -0.05) is 6.92 Å². The number of ether oxygens (including phenoxy) is 1. The summed E-state index contributed by atoms with van der Waals surface area (Å²) in [4.78, 5) is 5.59. The van der Waals surface area contributed by atoms with Crippen molar-refractivity contribution < 1.29 is 4.74 Å². The van der Waals surface area contributed by atoms with Gasteiger partial charge in [0.1, 0.15) is 0 Å². The standard InChI is InChI=1S/C12H21N3OS/c1-3-14-11-7-16-6-10(11)4-13-5-12-9(2)15-8-17-12/h8,10-11,13-14H,3-7H2,1-2H3. The molecule has 2 atom stereocenters. The first-order valence-electron chi connectivity index (χ1n) is 6.22. The van der Waals surface area contributed by atoms with E-state index in [0.717, 1.165) is 38.5 Å². The molecule has 1 aliphatic rings. The fourth-order valence-electron chi connectivity index (χ4n) is 2.15. The van der Waals surface area contributed by atoms with Gasteiger partial charge in [-0.05, 0) is 13.5 Å². The van der Waals surface area contributed by atoms with E-state index in [0.29, 0.717) is 12.0 Å². The summed E-state index contributed by atoms with van der Waals surface area (Å²) in [5.41, 5.74) is 3.06. The Morgan fingerprint density at radius 3 is 3.12 bits per heavy atom. The molecule has 0 amide bonds. The normalized spacial score (nSPS) is 24.4. The van der Waals surface area contributed by atoms with Crippen LogP contribution < -0.4 is 10.6 Å². The number of nitrogens with zero attached hydrogens (tertiary/aromatic N) is 1. The fourth-order valence-corrected chi connectivity index (χ4v) is 2.90. The van der Waals surface area contributed by atoms with Crippen molar-refractivity contribution in [1.29, 1.82) is 0 Å². The number of aromatic nitrogens is 1. The number of rotatable bonds is 6. The number of thiazole rings is 1. The smallest absolute Gasteiger partial charge is 0.0798 e. The van der Waals surface area contributed by atoms with Crippen LogP contribution >= 0.6 is 11.3 Å². The minimum absolute atomic E-state index is 0.509. The zero-order valence-electron chi connectivity index (χ0n) is 10.5. The third-order valence-corrected chi connectivity index (χ3v) is 4.14. The van der Waals surface area contributed by atoms with Crippen LogP contribution in [0.5, 0.6) is 0 Å². The molecule has 0 aliphatic carbocycles. The van der Waals surface area contributed by atoms with Crippen LogP contribution in [0.25, 0.3) is 0 Å². The fraction of sp³-hybridized carbons (Fsp3) is 0.750. The van der Waals surface area contributed by atoms with E-state index in [1.54, 1.807) is 11.3 Å². The highest BCUT2D eigenvalue weighted by atomic mass is 32.1. The SMILES string of the molecule is CCNC1COCC1CNCc1scnc1C. The predicted molar refractivity (Wildman–Crippen MR) is 70.3 cm³/mol. The van der Waals surface area contributed by atoms with Gasteiger partial charge in [0.15, 0.2) is 0 Å². The molecule has 2 rings (SSSR count). The first-order chi connectivity index (χ1) is 8.31. The van der Waals surface area contributed by atoms with Crippen molar-refractivity contribution in [2.24, 2.45) is 5.92 Å². The second-order valence-corrected chi connectivity index (χ2v) is 5.39. The second-order valence-electron chi connectivity index (χ2n) is 4.45. The molecule has 5 heteroatoms. The number of likely N-dealkylation sites (N-methyl/N-ethyl adjacent to an activating group) is 1. The number of nitrogens with one attached hydrogen (secondary N) is 2. The molecule has 96 valence electrons. The lowest BCUT2D eigenvalue weighted by molar-refractivity contribution is 0.182. The lowest BCUT2D eigenvalue weighted by atomic mass is 10.0. The average molecular weight is 255 g/mol. The molecule has 0 spiro atoms. The molecule has 0 bridgehead atoms. The van der Waals surface area contributed by atoms with Crippen molar-refractivity contribution in [3.8, 4) is 0 Å². The van der Waals surface area contributed by atoms with Crippen molar-refractivity contribution in [2.45, 2.75) is 26.4 Å². The molecule has 0 saturated carbocycles. The highest BCUT2D eigenvalue weighted by molar-refractivity contribution is 7.09. The Labute approximate surface area is 107 Å². The van der Waals surface area contributed by atoms with Gasteiger partial charge in [-0.3, -0.25) is 0 Å². The highest BCUT2D eigenvalue weighted by Crippen LogP contribution is 2.14. The Balaban J connectivity index is 1.73. The van der Waals surface area contributed by atoms with Gasteiger partial charge in [-0.25, -0.2) is 4.98 Å². The molecule has 1 saturated heterocycles. The van der Waals surface area contributed by atoms with Crippen LogP contribution in [0.2, 0.25) is 0 Å². The first kappa shape index (κ1) is 13.0. The van der Waals surface area contributed by atoms with Gasteiger partial charge in [0.25, 0.3) is 0 Å². The Morgan fingerprint density at radius 1 is 1.53 bits per heavy atom. The molecule has 2 N–H and O–H groups in total. The Kier molecular flexibility index (Phi) is 4.91. The van der Waals surface area contributed by atoms with Crippen molar-refractivity contribution in [3.63, 3.8) is 0 Å². The van der Waals surface area contributed by atoms with Crippen LogP contribution in [0.4, 0.5) is 0 Å². The van der Waals surface area contributed by atoms with Crippen LogP contribution in [-0.4, -0.2) is 37.3 Å².